The Morgan fingerprint density at radius 3 is 3.00 bits per heavy atom. The van der Waals surface area contributed by atoms with Gasteiger partial charge < -0.3 is 15.2 Å². The first-order valence-electron chi connectivity index (χ1n) is 6.31. The van der Waals surface area contributed by atoms with E-state index in [0.717, 1.165) is 37.1 Å². The molecule has 17 heavy (non-hydrogen) atoms. The number of rotatable bonds is 4. The maximum atomic E-state index is 9.88. The molecule has 0 bridgehead atoms. The van der Waals surface area contributed by atoms with Crippen LogP contribution in [-0.4, -0.2) is 24.4 Å². The van der Waals surface area contributed by atoms with Crippen LogP contribution in [0.3, 0.4) is 0 Å². The minimum absolute atomic E-state index is 0.153. The van der Waals surface area contributed by atoms with E-state index in [0.29, 0.717) is 11.9 Å². The first kappa shape index (κ1) is 12.4. The molecule has 2 rings (SSSR count). The van der Waals surface area contributed by atoms with Crippen LogP contribution in [0.1, 0.15) is 36.9 Å². The normalized spacial score (nSPS) is 21.6. The molecule has 2 atom stereocenters. The van der Waals surface area contributed by atoms with Crippen molar-refractivity contribution >= 4 is 0 Å². The van der Waals surface area contributed by atoms with Crippen LogP contribution in [0, 0.1) is 6.92 Å². The Labute approximate surface area is 103 Å². The van der Waals surface area contributed by atoms with Gasteiger partial charge in [0.15, 0.2) is 0 Å². The van der Waals surface area contributed by atoms with Gasteiger partial charge in [0.25, 0.3) is 0 Å². The van der Waals surface area contributed by atoms with E-state index in [2.05, 4.69) is 12.2 Å². The van der Waals surface area contributed by atoms with Crippen LogP contribution in [0.5, 0.6) is 5.75 Å². The average Bonchev–Trinajstić information content (AvgIpc) is 2.78. The number of benzene rings is 1. The van der Waals surface area contributed by atoms with Gasteiger partial charge in [-0.25, -0.2) is 0 Å². The van der Waals surface area contributed by atoms with E-state index in [9.17, 15) is 5.11 Å². The third-order valence-corrected chi connectivity index (χ3v) is 3.33. The molecule has 1 saturated heterocycles. The van der Waals surface area contributed by atoms with E-state index in [-0.39, 0.29) is 6.04 Å². The molecule has 1 aliphatic rings. The fourth-order valence-electron chi connectivity index (χ4n) is 2.24. The summed E-state index contributed by atoms with van der Waals surface area (Å²) >= 11 is 0. The molecule has 1 aliphatic heterocycles. The number of hydrogen-bond acceptors (Lipinski definition) is 3. The number of hydrogen-bond donors (Lipinski definition) is 2. The fraction of sp³-hybridized carbons (Fsp3) is 0.571. The lowest BCUT2D eigenvalue weighted by molar-refractivity contribution is 0.108. The summed E-state index contributed by atoms with van der Waals surface area (Å²) in [4.78, 5) is 0. The van der Waals surface area contributed by atoms with Gasteiger partial charge in [-0.2, -0.15) is 0 Å². The van der Waals surface area contributed by atoms with Crippen molar-refractivity contribution in [2.24, 2.45) is 0 Å². The molecule has 3 nitrogen and oxygen atoms in total. The van der Waals surface area contributed by atoms with Crippen LogP contribution in [0.4, 0.5) is 0 Å². The molecule has 0 saturated carbocycles. The first-order chi connectivity index (χ1) is 8.16. The highest BCUT2D eigenvalue weighted by molar-refractivity contribution is 5.37. The molecule has 2 N–H and O–H groups in total. The lowest BCUT2D eigenvalue weighted by Gasteiger charge is -2.18. The zero-order valence-corrected chi connectivity index (χ0v) is 10.6. The Kier molecular flexibility index (Phi) is 4.02. The quantitative estimate of drug-likeness (QED) is 0.842. The van der Waals surface area contributed by atoms with E-state index in [4.69, 9.17) is 4.74 Å². The van der Waals surface area contributed by atoms with Gasteiger partial charge in [-0.05, 0) is 38.3 Å². The summed E-state index contributed by atoms with van der Waals surface area (Å²) in [5, 5.41) is 13.3. The maximum absolute atomic E-state index is 9.88. The molecule has 1 aromatic rings. The standard InChI is InChI=1S/C14H21NO2/c1-10-5-6-13(14(16)8-10)11(2)15-9-12-4-3-7-17-12/h5-6,8,11-12,15-16H,3-4,7,9H2,1-2H3. The third kappa shape index (κ3) is 3.20. The molecule has 1 fully saturated rings. The molecule has 1 heterocycles. The van der Waals surface area contributed by atoms with E-state index >= 15 is 0 Å². The molecule has 0 spiro atoms. The molecule has 1 aromatic carbocycles. The van der Waals surface area contributed by atoms with Crippen LogP contribution in [-0.2, 0) is 4.74 Å². The van der Waals surface area contributed by atoms with Crippen molar-refractivity contribution in [2.45, 2.75) is 38.8 Å². The predicted molar refractivity (Wildman–Crippen MR) is 68.2 cm³/mol. The van der Waals surface area contributed by atoms with Crippen molar-refractivity contribution in [3.05, 3.63) is 29.3 Å². The minimum atomic E-state index is 0.153. The molecule has 0 aromatic heterocycles. The van der Waals surface area contributed by atoms with Crippen molar-refractivity contribution in [1.82, 2.24) is 5.32 Å². The SMILES string of the molecule is Cc1ccc(C(C)NCC2CCCO2)c(O)c1. The number of phenols is 1. The zero-order chi connectivity index (χ0) is 12.3. The summed E-state index contributed by atoms with van der Waals surface area (Å²) in [6.45, 7) is 5.79. The summed E-state index contributed by atoms with van der Waals surface area (Å²) < 4.78 is 5.56. The smallest absolute Gasteiger partial charge is 0.120 e. The highest BCUT2D eigenvalue weighted by Crippen LogP contribution is 2.25. The van der Waals surface area contributed by atoms with E-state index in [1.807, 2.05) is 19.1 Å². The second-order valence-electron chi connectivity index (χ2n) is 4.83. The number of aromatic hydroxyl groups is 1. The number of ether oxygens (including phenoxy) is 1. The van der Waals surface area contributed by atoms with Gasteiger partial charge in [-0.3, -0.25) is 0 Å². The molecule has 3 heteroatoms. The summed E-state index contributed by atoms with van der Waals surface area (Å²) in [6, 6.07) is 5.97. The summed E-state index contributed by atoms with van der Waals surface area (Å²) in [5.74, 6) is 0.373. The lowest BCUT2D eigenvalue weighted by Crippen LogP contribution is -2.28. The zero-order valence-electron chi connectivity index (χ0n) is 10.6. The predicted octanol–water partition coefficient (Wildman–Crippen LogP) is 2.53. The van der Waals surface area contributed by atoms with Crippen molar-refractivity contribution in [1.29, 1.82) is 0 Å². The Balaban J connectivity index is 1.91. The second kappa shape index (κ2) is 5.52. The number of phenolic OH excluding ortho intramolecular Hbond substituents is 1. The summed E-state index contributed by atoms with van der Waals surface area (Å²) in [6.07, 6.45) is 2.64. The van der Waals surface area contributed by atoms with Crippen molar-refractivity contribution in [2.75, 3.05) is 13.2 Å². The summed E-state index contributed by atoms with van der Waals surface area (Å²) in [7, 11) is 0. The van der Waals surface area contributed by atoms with Gasteiger partial charge in [0.2, 0.25) is 0 Å². The lowest BCUT2D eigenvalue weighted by atomic mass is 10.0. The van der Waals surface area contributed by atoms with Crippen molar-refractivity contribution < 1.29 is 9.84 Å². The van der Waals surface area contributed by atoms with Crippen LogP contribution < -0.4 is 5.32 Å². The monoisotopic (exact) mass is 235 g/mol. The van der Waals surface area contributed by atoms with E-state index in [1.54, 1.807) is 6.07 Å². The maximum Gasteiger partial charge on any atom is 0.120 e. The van der Waals surface area contributed by atoms with Gasteiger partial charge in [-0.1, -0.05) is 12.1 Å². The highest BCUT2D eigenvalue weighted by atomic mass is 16.5. The minimum Gasteiger partial charge on any atom is -0.508 e. The van der Waals surface area contributed by atoms with Gasteiger partial charge in [0, 0.05) is 24.8 Å². The number of nitrogens with one attached hydrogen (secondary N) is 1. The van der Waals surface area contributed by atoms with E-state index < -0.39 is 0 Å². The molecular formula is C14H21NO2. The molecule has 2 unspecified atom stereocenters. The Morgan fingerprint density at radius 1 is 1.53 bits per heavy atom. The molecule has 0 amide bonds. The van der Waals surface area contributed by atoms with E-state index in [1.165, 1.54) is 0 Å². The molecule has 94 valence electrons. The second-order valence-corrected chi connectivity index (χ2v) is 4.83. The summed E-state index contributed by atoms with van der Waals surface area (Å²) in [5.41, 5.74) is 2.03. The van der Waals surface area contributed by atoms with Gasteiger partial charge in [-0.15, -0.1) is 0 Å². The Morgan fingerprint density at radius 2 is 2.35 bits per heavy atom. The number of aryl methyl sites for hydroxylation is 1. The third-order valence-electron chi connectivity index (χ3n) is 3.33. The highest BCUT2D eigenvalue weighted by Gasteiger charge is 2.17. The Hall–Kier alpha value is -1.06. The van der Waals surface area contributed by atoms with Gasteiger partial charge in [0.1, 0.15) is 5.75 Å². The van der Waals surface area contributed by atoms with Gasteiger partial charge in [0.05, 0.1) is 6.10 Å². The Bertz CT molecular complexity index is 372. The average molecular weight is 235 g/mol. The van der Waals surface area contributed by atoms with Crippen LogP contribution >= 0.6 is 0 Å². The first-order valence-corrected chi connectivity index (χ1v) is 6.31. The molecular weight excluding hydrogens is 214 g/mol. The van der Waals surface area contributed by atoms with Crippen molar-refractivity contribution in [3.8, 4) is 5.75 Å². The molecule has 0 aliphatic carbocycles. The topological polar surface area (TPSA) is 41.5 Å². The molecule has 0 radical (unpaired) electrons. The van der Waals surface area contributed by atoms with Crippen molar-refractivity contribution in [3.63, 3.8) is 0 Å². The van der Waals surface area contributed by atoms with Gasteiger partial charge >= 0.3 is 0 Å². The van der Waals surface area contributed by atoms with Crippen LogP contribution in [0.2, 0.25) is 0 Å². The van der Waals surface area contributed by atoms with Crippen LogP contribution in [0.25, 0.3) is 0 Å². The fourth-order valence-corrected chi connectivity index (χ4v) is 2.24. The van der Waals surface area contributed by atoms with Crippen LogP contribution in [0.15, 0.2) is 18.2 Å². The largest absolute Gasteiger partial charge is 0.508 e.